The van der Waals surface area contributed by atoms with Gasteiger partial charge in [-0.1, -0.05) is 36.4 Å². The third kappa shape index (κ3) is 4.52. The summed E-state index contributed by atoms with van der Waals surface area (Å²) in [4.78, 5) is 14.9. The zero-order chi connectivity index (χ0) is 21.7. The number of carbonyl (C=O) groups is 1. The summed E-state index contributed by atoms with van der Waals surface area (Å²) in [5.41, 5.74) is 2.76. The maximum atomic E-state index is 12.8. The van der Waals surface area contributed by atoms with Crippen molar-refractivity contribution in [2.24, 2.45) is 0 Å². The summed E-state index contributed by atoms with van der Waals surface area (Å²) in [5.74, 6) is -0.234. The van der Waals surface area contributed by atoms with E-state index in [1.54, 1.807) is 19.2 Å². The molecule has 1 amide bonds. The number of nitriles is 2. The van der Waals surface area contributed by atoms with Crippen molar-refractivity contribution < 1.29 is 9.53 Å². The Kier molecular flexibility index (Phi) is 6.52. The van der Waals surface area contributed by atoms with Crippen molar-refractivity contribution in [3.8, 4) is 23.3 Å². The molecule has 2 aromatic carbocycles. The second-order valence-corrected chi connectivity index (χ2v) is 7.94. The van der Waals surface area contributed by atoms with E-state index in [-0.39, 0.29) is 5.91 Å². The number of amides is 1. The molecule has 0 aromatic heterocycles. The van der Waals surface area contributed by atoms with Crippen LogP contribution in [0.3, 0.4) is 0 Å². The van der Waals surface area contributed by atoms with Gasteiger partial charge in [0.2, 0.25) is 0 Å². The molecule has 1 aliphatic heterocycles. The van der Waals surface area contributed by atoms with Crippen LogP contribution in [0, 0.1) is 22.7 Å². The summed E-state index contributed by atoms with van der Waals surface area (Å²) in [7, 11) is 1.54. The fourth-order valence-corrected chi connectivity index (χ4v) is 3.57. The van der Waals surface area contributed by atoms with Crippen LogP contribution in [0.15, 0.2) is 48.5 Å². The molecule has 1 atom stereocenters. The monoisotopic (exact) mass is 402 g/mol. The van der Waals surface area contributed by atoms with Crippen LogP contribution in [-0.4, -0.2) is 48.7 Å². The Morgan fingerprint density at radius 1 is 1.10 bits per heavy atom. The molecule has 154 valence electrons. The lowest BCUT2D eigenvalue weighted by molar-refractivity contribution is -0.170. The Labute approximate surface area is 177 Å². The van der Waals surface area contributed by atoms with Crippen LogP contribution >= 0.6 is 0 Å². The van der Waals surface area contributed by atoms with Crippen molar-refractivity contribution in [2.75, 3.05) is 20.2 Å². The van der Waals surface area contributed by atoms with Crippen LogP contribution in [0.2, 0.25) is 0 Å². The summed E-state index contributed by atoms with van der Waals surface area (Å²) >= 11 is 0. The number of rotatable bonds is 7. The van der Waals surface area contributed by atoms with Gasteiger partial charge in [0.05, 0.1) is 17.7 Å². The number of hydrogen-bond donors (Lipinski definition) is 1. The predicted molar refractivity (Wildman–Crippen MR) is 114 cm³/mol. The molecule has 3 rings (SSSR count). The zero-order valence-corrected chi connectivity index (χ0v) is 17.6. The lowest BCUT2D eigenvalue weighted by Gasteiger charge is -2.49. The van der Waals surface area contributed by atoms with Crippen LogP contribution in [0.5, 0.6) is 0 Å². The van der Waals surface area contributed by atoms with E-state index < -0.39 is 11.6 Å². The highest BCUT2D eigenvalue weighted by atomic mass is 16.5. The van der Waals surface area contributed by atoms with E-state index >= 15 is 0 Å². The smallest absolute Gasteiger partial charge is 0.255 e. The van der Waals surface area contributed by atoms with Crippen molar-refractivity contribution in [3.63, 3.8) is 0 Å². The minimum Gasteiger partial charge on any atom is -0.366 e. The second-order valence-electron chi connectivity index (χ2n) is 7.94. The maximum absolute atomic E-state index is 12.8. The summed E-state index contributed by atoms with van der Waals surface area (Å²) in [6.07, 6.45) is 0.420. The highest BCUT2D eigenvalue weighted by Crippen LogP contribution is 2.27. The van der Waals surface area contributed by atoms with Crippen LogP contribution in [0.1, 0.15) is 25.0 Å². The Hall–Kier alpha value is -3.19. The van der Waals surface area contributed by atoms with E-state index in [0.29, 0.717) is 31.1 Å². The molecular formula is C24H26N4O2. The molecule has 0 saturated carbocycles. The average molecular weight is 402 g/mol. The van der Waals surface area contributed by atoms with Gasteiger partial charge >= 0.3 is 0 Å². The van der Waals surface area contributed by atoms with Crippen LogP contribution in [-0.2, 0) is 16.0 Å². The molecular weight excluding hydrogens is 376 g/mol. The minimum absolute atomic E-state index is 0.234. The van der Waals surface area contributed by atoms with E-state index in [4.69, 9.17) is 10.00 Å². The fourth-order valence-electron chi connectivity index (χ4n) is 3.57. The molecule has 0 spiro atoms. The van der Waals surface area contributed by atoms with Crippen molar-refractivity contribution in [1.29, 1.82) is 10.5 Å². The Morgan fingerprint density at radius 3 is 2.13 bits per heavy atom. The first kappa shape index (κ1) is 21.5. The van der Waals surface area contributed by atoms with Gasteiger partial charge in [-0.15, -0.1) is 0 Å². The predicted octanol–water partition coefficient (Wildman–Crippen LogP) is 2.89. The number of carbonyl (C=O) groups excluding carboxylic acids is 1. The van der Waals surface area contributed by atoms with Crippen LogP contribution in [0.25, 0.3) is 11.1 Å². The fraction of sp³-hybridized carbons (Fsp3) is 0.375. The number of nitrogens with zero attached hydrogens (tertiary/aromatic N) is 3. The third-order valence-electron chi connectivity index (χ3n) is 5.65. The molecule has 0 bridgehead atoms. The molecule has 6 heteroatoms. The van der Waals surface area contributed by atoms with E-state index in [1.165, 1.54) is 0 Å². The molecule has 6 nitrogen and oxygen atoms in total. The average Bonchev–Trinajstić information content (AvgIpc) is 2.73. The largest absolute Gasteiger partial charge is 0.366 e. The van der Waals surface area contributed by atoms with Crippen LogP contribution in [0.4, 0.5) is 0 Å². The molecule has 1 saturated heterocycles. The number of likely N-dealkylation sites (tertiary alicyclic amines) is 1. The molecule has 1 unspecified atom stereocenters. The van der Waals surface area contributed by atoms with Crippen molar-refractivity contribution in [1.82, 2.24) is 10.2 Å². The lowest BCUT2D eigenvalue weighted by atomic mass is 9.90. The van der Waals surface area contributed by atoms with Crippen LogP contribution < -0.4 is 5.32 Å². The Balaban J connectivity index is 1.62. The molecule has 1 aliphatic rings. The zero-order valence-electron chi connectivity index (χ0n) is 17.6. The summed E-state index contributed by atoms with van der Waals surface area (Å²) in [6, 6.07) is 19.3. The lowest BCUT2D eigenvalue weighted by Crippen LogP contribution is -2.71. The number of ether oxygens (including phenoxy) is 1. The van der Waals surface area contributed by atoms with Crippen molar-refractivity contribution >= 4 is 5.91 Å². The summed E-state index contributed by atoms with van der Waals surface area (Å²) in [6.45, 7) is 5.23. The standard InChI is InChI=1S/C24H26N4O2/c1-17(2)28-15-24(16-28,30-3)23(29)27-22(14-26)12-18-4-8-20(9-5-18)21-10-6-19(13-25)7-11-21/h4-11,17,22H,12,15-16H2,1-3H3,(H,27,29). The van der Waals surface area contributed by atoms with E-state index in [9.17, 15) is 10.1 Å². The maximum Gasteiger partial charge on any atom is 0.255 e. The van der Waals surface area contributed by atoms with Gasteiger partial charge in [0.25, 0.3) is 5.91 Å². The van der Waals surface area contributed by atoms with Gasteiger partial charge in [-0.25, -0.2) is 0 Å². The van der Waals surface area contributed by atoms with Gasteiger partial charge in [-0.2, -0.15) is 10.5 Å². The molecule has 1 heterocycles. The molecule has 2 aromatic rings. The number of hydrogen-bond acceptors (Lipinski definition) is 5. The van der Waals surface area contributed by atoms with Crippen molar-refractivity contribution in [3.05, 3.63) is 59.7 Å². The molecule has 0 radical (unpaired) electrons. The van der Waals surface area contributed by atoms with Gasteiger partial charge in [-0.05, 0) is 42.7 Å². The van der Waals surface area contributed by atoms with Gasteiger partial charge in [-0.3, -0.25) is 9.69 Å². The highest BCUT2D eigenvalue weighted by Gasteiger charge is 2.50. The summed E-state index contributed by atoms with van der Waals surface area (Å²) in [5, 5.41) is 21.3. The molecule has 0 aliphatic carbocycles. The van der Waals surface area contributed by atoms with Gasteiger partial charge in [0.1, 0.15) is 6.04 Å². The quantitative estimate of drug-likeness (QED) is 0.769. The first-order chi connectivity index (χ1) is 14.4. The van der Waals surface area contributed by atoms with Gasteiger partial charge in [0, 0.05) is 32.7 Å². The molecule has 30 heavy (non-hydrogen) atoms. The molecule has 1 N–H and O–H groups in total. The topological polar surface area (TPSA) is 89.1 Å². The minimum atomic E-state index is -0.876. The number of benzene rings is 2. The third-order valence-corrected chi connectivity index (χ3v) is 5.65. The summed E-state index contributed by atoms with van der Waals surface area (Å²) < 4.78 is 5.51. The van der Waals surface area contributed by atoms with E-state index in [2.05, 4.69) is 36.2 Å². The Bertz CT molecular complexity index is 962. The van der Waals surface area contributed by atoms with Gasteiger partial charge < -0.3 is 10.1 Å². The van der Waals surface area contributed by atoms with E-state index in [1.807, 2.05) is 36.4 Å². The van der Waals surface area contributed by atoms with Gasteiger partial charge in [0.15, 0.2) is 5.60 Å². The number of methoxy groups -OCH3 is 1. The first-order valence-corrected chi connectivity index (χ1v) is 10.00. The second kappa shape index (κ2) is 9.09. The number of nitrogens with one attached hydrogen (secondary N) is 1. The molecule has 1 fully saturated rings. The normalized spacial score (nSPS) is 16.2. The first-order valence-electron chi connectivity index (χ1n) is 10.00. The highest BCUT2D eigenvalue weighted by molar-refractivity contribution is 5.87. The Morgan fingerprint density at radius 2 is 1.67 bits per heavy atom. The van der Waals surface area contributed by atoms with Crippen molar-refractivity contribution in [2.45, 2.75) is 38.0 Å². The van der Waals surface area contributed by atoms with E-state index in [0.717, 1.165) is 16.7 Å². The SMILES string of the molecule is COC1(C(=O)NC(C#N)Cc2ccc(-c3ccc(C#N)cc3)cc2)CN(C(C)C)C1.